The Bertz CT molecular complexity index is 104. The van der Waals surface area contributed by atoms with Gasteiger partial charge in [-0.1, -0.05) is 47.5 Å². The van der Waals surface area contributed by atoms with Crippen molar-refractivity contribution in [2.24, 2.45) is 17.8 Å². The van der Waals surface area contributed by atoms with Gasteiger partial charge in [-0.15, -0.1) is 0 Å². The van der Waals surface area contributed by atoms with Crippen LogP contribution < -0.4 is 5.32 Å². The third-order valence-corrected chi connectivity index (χ3v) is 3.19. The molecule has 0 spiro atoms. The van der Waals surface area contributed by atoms with Gasteiger partial charge in [0.2, 0.25) is 0 Å². The van der Waals surface area contributed by atoms with Crippen LogP contribution in [0.4, 0.5) is 0 Å². The van der Waals surface area contributed by atoms with Crippen LogP contribution in [0.15, 0.2) is 0 Å². The molecule has 0 heterocycles. The summed E-state index contributed by atoms with van der Waals surface area (Å²) in [5.41, 5.74) is 0. The van der Waals surface area contributed by atoms with Gasteiger partial charge < -0.3 is 5.32 Å². The van der Waals surface area contributed by atoms with Crippen LogP contribution in [0.1, 0.15) is 47.5 Å². The SMILES string of the molecule is CCC(CC)CNC[C@@H](C)C(C)C. The summed E-state index contributed by atoms with van der Waals surface area (Å²) < 4.78 is 0. The fourth-order valence-corrected chi connectivity index (χ4v) is 1.33. The normalized spacial score (nSPS) is 14.1. The molecule has 0 aliphatic rings. The number of hydrogen-bond donors (Lipinski definition) is 1. The first-order chi connectivity index (χ1) is 6.11. The fourth-order valence-electron chi connectivity index (χ4n) is 1.33. The van der Waals surface area contributed by atoms with Gasteiger partial charge in [-0.3, -0.25) is 0 Å². The van der Waals surface area contributed by atoms with Gasteiger partial charge in [-0.2, -0.15) is 0 Å². The minimum Gasteiger partial charge on any atom is -0.316 e. The molecule has 0 saturated heterocycles. The summed E-state index contributed by atoms with van der Waals surface area (Å²) in [6, 6.07) is 0. The molecule has 0 aromatic rings. The molecule has 1 atom stereocenters. The van der Waals surface area contributed by atoms with Gasteiger partial charge in [0.05, 0.1) is 0 Å². The van der Waals surface area contributed by atoms with Crippen molar-refractivity contribution < 1.29 is 0 Å². The Balaban J connectivity index is 3.43. The van der Waals surface area contributed by atoms with Crippen molar-refractivity contribution >= 4 is 0 Å². The van der Waals surface area contributed by atoms with Crippen molar-refractivity contribution in [3.05, 3.63) is 0 Å². The van der Waals surface area contributed by atoms with E-state index in [4.69, 9.17) is 0 Å². The molecular formula is C12H27N. The van der Waals surface area contributed by atoms with E-state index >= 15 is 0 Å². The van der Waals surface area contributed by atoms with Gasteiger partial charge in [-0.05, 0) is 30.8 Å². The number of hydrogen-bond acceptors (Lipinski definition) is 1. The van der Waals surface area contributed by atoms with Crippen LogP contribution in [0.2, 0.25) is 0 Å². The van der Waals surface area contributed by atoms with E-state index < -0.39 is 0 Å². The summed E-state index contributed by atoms with van der Waals surface area (Å²) in [5.74, 6) is 2.47. The standard InChI is InChI=1S/C12H27N/c1-6-12(7-2)9-13-8-11(5)10(3)4/h10-13H,6-9H2,1-5H3/t11-/m1/s1. The summed E-state index contributed by atoms with van der Waals surface area (Å²) in [6.07, 6.45) is 2.61. The Kier molecular flexibility index (Phi) is 7.35. The predicted octanol–water partition coefficient (Wildman–Crippen LogP) is 3.30. The van der Waals surface area contributed by atoms with Crippen LogP contribution in [0, 0.1) is 17.8 Å². The minimum atomic E-state index is 0.800. The average Bonchev–Trinajstić information content (AvgIpc) is 2.12. The quantitative estimate of drug-likeness (QED) is 0.641. The highest BCUT2D eigenvalue weighted by Crippen LogP contribution is 2.09. The molecule has 0 radical (unpaired) electrons. The van der Waals surface area contributed by atoms with Crippen LogP contribution in [-0.2, 0) is 0 Å². The highest BCUT2D eigenvalue weighted by atomic mass is 14.9. The predicted molar refractivity (Wildman–Crippen MR) is 60.9 cm³/mol. The second kappa shape index (κ2) is 7.37. The topological polar surface area (TPSA) is 12.0 Å². The van der Waals surface area contributed by atoms with E-state index in [9.17, 15) is 0 Å². The first-order valence-electron chi connectivity index (χ1n) is 5.82. The summed E-state index contributed by atoms with van der Waals surface area (Å²) in [5, 5.41) is 3.57. The highest BCUT2D eigenvalue weighted by molar-refractivity contribution is 4.63. The van der Waals surface area contributed by atoms with Gasteiger partial charge >= 0.3 is 0 Å². The Morgan fingerprint density at radius 1 is 0.923 bits per heavy atom. The Labute approximate surface area is 84.3 Å². The first-order valence-corrected chi connectivity index (χ1v) is 5.82. The monoisotopic (exact) mass is 185 g/mol. The van der Waals surface area contributed by atoms with Crippen molar-refractivity contribution in [1.82, 2.24) is 5.32 Å². The molecule has 0 aromatic heterocycles. The maximum atomic E-state index is 3.57. The molecule has 80 valence electrons. The van der Waals surface area contributed by atoms with Crippen molar-refractivity contribution in [3.63, 3.8) is 0 Å². The molecule has 0 unspecified atom stereocenters. The third kappa shape index (κ3) is 6.09. The lowest BCUT2D eigenvalue weighted by atomic mass is 9.97. The third-order valence-electron chi connectivity index (χ3n) is 3.19. The smallest absolute Gasteiger partial charge is 0.00206 e. The van der Waals surface area contributed by atoms with E-state index in [-0.39, 0.29) is 0 Å². The maximum absolute atomic E-state index is 3.57. The molecule has 13 heavy (non-hydrogen) atoms. The van der Waals surface area contributed by atoms with Crippen LogP contribution in [0.5, 0.6) is 0 Å². The molecule has 0 bridgehead atoms. The van der Waals surface area contributed by atoms with Crippen molar-refractivity contribution in [2.45, 2.75) is 47.5 Å². The lowest BCUT2D eigenvalue weighted by molar-refractivity contribution is 0.366. The molecule has 0 aliphatic carbocycles. The van der Waals surface area contributed by atoms with E-state index in [0.29, 0.717) is 0 Å². The summed E-state index contributed by atoms with van der Waals surface area (Å²) in [4.78, 5) is 0. The molecule has 0 saturated carbocycles. The van der Waals surface area contributed by atoms with Gasteiger partial charge in [0.25, 0.3) is 0 Å². The lowest BCUT2D eigenvalue weighted by Crippen LogP contribution is -2.28. The number of nitrogens with one attached hydrogen (secondary N) is 1. The second-order valence-corrected chi connectivity index (χ2v) is 4.56. The highest BCUT2D eigenvalue weighted by Gasteiger charge is 2.07. The van der Waals surface area contributed by atoms with Crippen LogP contribution in [0.3, 0.4) is 0 Å². The molecule has 0 amide bonds. The summed E-state index contributed by atoms with van der Waals surface area (Å²) in [6.45, 7) is 13.8. The van der Waals surface area contributed by atoms with E-state index in [2.05, 4.69) is 39.9 Å². The van der Waals surface area contributed by atoms with Gasteiger partial charge in [0.1, 0.15) is 0 Å². The molecule has 0 aliphatic heterocycles. The number of rotatable bonds is 7. The first kappa shape index (κ1) is 13.0. The van der Waals surface area contributed by atoms with Crippen molar-refractivity contribution in [2.75, 3.05) is 13.1 Å². The molecule has 1 nitrogen and oxygen atoms in total. The van der Waals surface area contributed by atoms with E-state index in [1.54, 1.807) is 0 Å². The van der Waals surface area contributed by atoms with Gasteiger partial charge in [-0.25, -0.2) is 0 Å². The van der Waals surface area contributed by atoms with Crippen LogP contribution >= 0.6 is 0 Å². The Hall–Kier alpha value is -0.0400. The van der Waals surface area contributed by atoms with Crippen LogP contribution in [-0.4, -0.2) is 13.1 Å². The molecule has 0 fully saturated rings. The largest absolute Gasteiger partial charge is 0.316 e. The van der Waals surface area contributed by atoms with Gasteiger partial charge in [0, 0.05) is 0 Å². The van der Waals surface area contributed by atoms with E-state index in [0.717, 1.165) is 17.8 Å². The summed E-state index contributed by atoms with van der Waals surface area (Å²) in [7, 11) is 0. The fraction of sp³-hybridized carbons (Fsp3) is 1.00. The summed E-state index contributed by atoms with van der Waals surface area (Å²) >= 11 is 0. The maximum Gasteiger partial charge on any atom is -0.00206 e. The minimum absolute atomic E-state index is 0.800. The van der Waals surface area contributed by atoms with E-state index in [1.165, 1.54) is 25.9 Å². The molecular weight excluding hydrogens is 158 g/mol. The molecule has 0 rings (SSSR count). The average molecular weight is 185 g/mol. The zero-order chi connectivity index (χ0) is 10.3. The molecule has 0 aromatic carbocycles. The Morgan fingerprint density at radius 3 is 1.85 bits per heavy atom. The van der Waals surface area contributed by atoms with Gasteiger partial charge in [0.15, 0.2) is 0 Å². The van der Waals surface area contributed by atoms with Crippen LogP contribution in [0.25, 0.3) is 0 Å². The van der Waals surface area contributed by atoms with Crippen molar-refractivity contribution in [3.8, 4) is 0 Å². The van der Waals surface area contributed by atoms with E-state index in [1.807, 2.05) is 0 Å². The van der Waals surface area contributed by atoms with Crippen molar-refractivity contribution in [1.29, 1.82) is 0 Å². The zero-order valence-electron chi connectivity index (χ0n) is 10.1. The lowest BCUT2D eigenvalue weighted by Gasteiger charge is -2.18. The molecule has 1 N–H and O–H groups in total. The Morgan fingerprint density at radius 2 is 1.46 bits per heavy atom. The second-order valence-electron chi connectivity index (χ2n) is 4.56. The molecule has 1 heteroatoms. The zero-order valence-corrected chi connectivity index (χ0v) is 10.1.